The highest BCUT2D eigenvalue weighted by atomic mass is 35.5. The maximum absolute atomic E-state index is 12.5. The molecule has 0 spiro atoms. The predicted octanol–water partition coefficient (Wildman–Crippen LogP) is 5.08. The zero-order valence-corrected chi connectivity index (χ0v) is 11.6. The fraction of sp³-hybridized carbons (Fsp3) is 0.182. The lowest BCUT2D eigenvalue weighted by molar-refractivity contribution is -0.137. The van der Waals surface area contributed by atoms with Gasteiger partial charge in [-0.25, -0.2) is 4.98 Å². The molecule has 1 N–H and O–H groups in total. The number of hydrogen-bond donors (Lipinski definition) is 1. The van der Waals surface area contributed by atoms with E-state index in [1.807, 2.05) is 0 Å². The molecule has 2 rings (SSSR count). The summed E-state index contributed by atoms with van der Waals surface area (Å²) in [6.45, 7) is 0.350. The van der Waals surface area contributed by atoms with E-state index in [2.05, 4.69) is 10.3 Å². The summed E-state index contributed by atoms with van der Waals surface area (Å²) in [5, 5.41) is 3.65. The highest BCUT2D eigenvalue weighted by Gasteiger charge is 2.30. The second-order valence-corrected chi connectivity index (χ2v) is 5.76. The third kappa shape index (κ3) is 3.75. The van der Waals surface area contributed by atoms with Gasteiger partial charge in [0.1, 0.15) is 9.34 Å². The molecule has 0 fully saturated rings. The Bertz CT molecular complexity index is 584. The summed E-state index contributed by atoms with van der Waals surface area (Å²) < 4.78 is 37.9. The minimum atomic E-state index is -4.40. The molecule has 0 saturated heterocycles. The molecule has 0 atom stereocenters. The monoisotopic (exact) mass is 326 g/mol. The maximum Gasteiger partial charge on any atom is 0.416 e. The first-order chi connectivity index (χ1) is 8.86. The fourth-order valence-electron chi connectivity index (χ4n) is 1.38. The number of anilines is 1. The summed E-state index contributed by atoms with van der Waals surface area (Å²) in [7, 11) is 0. The molecule has 0 radical (unpaired) electrons. The molecule has 1 heterocycles. The van der Waals surface area contributed by atoms with Crippen LogP contribution in [0.25, 0.3) is 0 Å². The van der Waals surface area contributed by atoms with Gasteiger partial charge in [0.15, 0.2) is 0 Å². The molecule has 2 aromatic rings. The van der Waals surface area contributed by atoms with E-state index in [0.717, 1.165) is 17.1 Å². The molecule has 0 saturated carbocycles. The van der Waals surface area contributed by atoms with Gasteiger partial charge in [-0.15, -0.1) is 11.3 Å². The summed E-state index contributed by atoms with van der Waals surface area (Å²) >= 11 is 12.8. The molecule has 0 amide bonds. The van der Waals surface area contributed by atoms with Crippen LogP contribution in [0.3, 0.4) is 0 Å². The van der Waals surface area contributed by atoms with Crippen molar-refractivity contribution in [2.24, 2.45) is 0 Å². The Morgan fingerprint density at radius 1 is 1.26 bits per heavy atom. The van der Waals surface area contributed by atoms with Crippen LogP contribution in [0.15, 0.2) is 24.4 Å². The highest BCUT2D eigenvalue weighted by Crippen LogP contribution is 2.34. The van der Waals surface area contributed by atoms with Gasteiger partial charge in [0.05, 0.1) is 29.0 Å². The topological polar surface area (TPSA) is 24.9 Å². The number of alkyl halides is 3. The van der Waals surface area contributed by atoms with Crippen LogP contribution in [0, 0.1) is 0 Å². The van der Waals surface area contributed by atoms with Crippen LogP contribution in [0.2, 0.25) is 9.36 Å². The normalized spacial score (nSPS) is 11.6. The largest absolute Gasteiger partial charge is 0.416 e. The summed E-state index contributed by atoms with van der Waals surface area (Å²) in [4.78, 5) is 4.02. The summed E-state index contributed by atoms with van der Waals surface area (Å²) in [6.07, 6.45) is -2.89. The molecule has 0 aliphatic carbocycles. The molecule has 0 unspecified atom stereocenters. The van der Waals surface area contributed by atoms with Crippen LogP contribution in [-0.2, 0) is 12.7 Å². The standard InChI is InChI=1S/C11H7Cl2F3N2S/c12-7-3-6(11(14,15)16)1-2-8(7)17-5-10-18-4-9(13)19-10/h1-4,17H,5H2. The van der Waals surface area contributed by atoms with E-state index in [1.165, 1.54) is 23.6 Å². The van der Waals surface area contributed by atoms with Crippen LogP contribution < -0.4 is 5.32 Å². The number of nitrogens with one attached hydrogen (secondary N) is 1. The minimum Gasteiger partial charge on any atom is -0.377 e. The van der Waals surface area contributed by atoms with Gasteiger partial charge < -0.3 is 5.32 Å². The average Bonchev–Trinajstić information content (AvgIpc) is 2.72. The summed E-state index contributed by atoms with van der Waals surface area (Å²) in [6, 6.07) is 3.15. The van der Waals surface area contributed by atoms with Crippen molar-refractivity contribution >= 4 is 40.2 Å². The number of rotatable bonds is 3. The number of aromatic nitrogens is 1. The van der Waals surface area contributed by atoms with E-state index in [9.17, 15) is 13.2 Å². The SMILES string of the molecule is FC(F)(F)c1ccc(NCc2ncc(Cl)s2)c(Cl)c1. The number of benzene rings is 1. The molecular weight excluding hydrogens is 320 g/mol. The van der Waals surface area contributed by atoms with Crippen LogP contribution in [0.5, 0.6) is 0 Å². The molecular formula is C11H7Cl2F3N2S. The zero-order valence-electron chi connectivity index (χ0n) is 9.26. The molecule has 19 heavy (non-hydrogen) atoms. The smallest absolute Gasteiger partial charge is 0.377 e. The van der Waals surface area contributed by atoms with Crippen LogP contribution >= 0.6 is 34.5 Å². The Morgan fingerprint density at radius 2 is 2.00 bits per heavy atom. The van der Waals surface area contributed by atoms with Crippen LogP contribution in [0.1, 0.15) is 10.6 Å². The molecule has 1 aromatic carbocycles. The van der Waals surface area contributed by atoms with Crippen molar-refractivity contribution in [2.45, 2.75) is 12.7 Å². The van der Waals surface area contributed by atoms with Gasteiger partial charge in [-0.1, -0.05) is 23.2 Å². The Labute approximate surface area is 121 Å². The minimum absolute atomic E-state index is 0.0116. The number of halogens is 5. The van der Waals surface area contributed by atoms with Crippen molar-refractivity contribution in [1.29, 1.82) is 0 Å². The van der Waals surface area contributed by atoms with Crippen molar-refractivity contribution in [2.75, 3.05) is 5.32 Å². The summed E-state index contributed by atoms with van der Waals surface area (Å²) in [5.74, 6) is 0. The number of nitrogens with zero attached hydrogens (tertiary/aromatic N) is 1. The molecule has 0 bridgehead atoms. The van der Waals surface area contributed by atoms with Gasteiger partial charge >= 0.3 is 6.18 Å². The van der Waals surface area contributed by atoms with Crippen molar-refractivity contribution < 1.29 is 13.2 Å². The van der Waals surface area contributed by atoms with Crippen molar-refractivity contribution in [1.82, 2.24) is 4.98 Å². The molecule has 8 heteroatoms. The van der Waals surface area contributed by atoms with Crippen LogP contribution in [0.4, 0.5) is 18.9 Å². The van der Waals surface area contributed by atoms with E-state index in [4.69, 9.17) is 23.2 Å². The highest BCUT2D eigenvalue weighted by molar-refractivity contribution is 7.15. The van der Waals surface area contributed by atoms with Gasteiger partial charge in [0, 0.05) is 0 Å². The van der Waals surface area contributed by atoms with Crippen molar-refractivity contribution in [3.63, 3.8) is 0 Å². The van der Waals surface area contributed by atoms with E-state index >= 15 is 0 Å². The number of hydrogen-bond acceptors (Lipinski definition) is 3. The fourth-order valence-corrected chi connectivity index (χ4v) is 2.52. The van der Waals surface area contributed by atoms with Gasteiger partial charge in [-0.05, 0) is 18.2 Å². The Balaban J connectivity index is 2.09. The molecule has 0 aliphatic rings. The second-order valence-electron chi connectivity index (χ2n) is 3.60. The lowest BCUT2D eigenvalue weighted by atomic mass is 10.2. The molecule has 0 aliphatic heterocycles. The zero-order chi connectivity index (χ0) is 14.0. The Hall–Kier alpha value is -0.980. The van der Waals surface area contributed by atoms with Crippen molar-refractivity contribution in [3.8, 4) is 0 Å². The van der Waals surface area contributed by atoms with Crippen molar-refractivity contribution in [3.05, 3.63) is 44.3 Å². The van der Waals surface area contributed by atoms with E-state index in [1.54, 1.807) is 0 Å². The van der Waals surface area contributed by atoms with Gasteiger partial charge in [-0.2, -0.15) is 13.2 Å². The lowest BCUT2D eigenvalue weighted by Gasteiger charge is -2.10. The van der Waals surface area contributed by atoms with Crippen LogP contribution in [-0.4, -0.2) is 4.98 Å². The second kappa shape index (κ2) is 5.56. The first-order valence-electron chi connectivity index (χ1n) is 5.07. The predicted molar refractivity (Wildman–Crippen MR) is 70.9 cm³/mol. The third-order valence-electron chi connectivity index (χ3n) is 2.25. The van der Waals surface area contributed by atoms with E-state index in [-0.39, 0.29) is 5.02 Å². The lowest BCUT2D eigenvalue weighted by Crippen LogP contribution is -2.06. The number of thiazole rings is 1. The molecule has 1 aromatic heterocycles. The Kier molecular flexibility index (Phi) is 4.23. The third-order valence-corrected chi connectivity index (χ3v) is 3.68. The van der Waals surface area contributed by atoms with Gasteiger partial charge in [0.2, 0.25) is 0 Å². The quantitative estimate of drug-likeness (QED) is 0.850. The van der Waals surface area contributed by atoms with Gasteiger partial charge in [-0.3, -0.25) is 0 Å². The van der Waals surface area contributed by atoms with Gasteiger partial charge in [0.25, 0.3) is 0 Å². The molecule has 2 nitrogen and oxygen atoms in total. The molecule has 102 valence electrons. The Morgan fingerprint density at radius 3 is 2.53 bits per heavy atom. The maximum atomic E-state index is 12.5. The summed E-state index contributed by atoms with van der Waals surface area (Å²) in [5.41, 5.74) is -0.360. The van der Waals surface area contributed by atoms with E-state index < -0.39 is 11.7 Å². The average molecular weight is 327 g/mol. The first kappa shape index (κ1) is 14.4. The first-order valence-corrected chi connectivity index (χ1v) is 6.64. The van der Waals surface area contributed by atoms with E-state index in [0.29, 0.717) is 16.6 Å².